The van der Waals surface area contributed by atoms with Crippen LogP contribution in [0.15, 0.2) is 12.2 Å². The molecule has 0 aliphatic heterocycles. The van der Waals surface area contributed by atoms with Gasteiger partial charge in [-0.2, -0.15) is 0 Å². The summed E-state index contributed by atoms with van der Waals surface area (Å²) >= 11 is 0. The minimum absolute atomic E-state index is 0.209. The lowest BCUT2D eigenvalue weighted by atomic mass is 9.87. The SMILES string of the molecule is O=C(O)[C@H]1CC=C[C@H](C(=O)O)C1. The van der Waals surface area contributed by atoms with E-state index in [-0.39, 0.29) is 6.42 Å². The Bertz CT molecular complexity index is 231. The van der Waals surface area contributed by atoms with Crippen LogP contribution in [0.5, 0.6) is 0 Å². The highest BCUT2D eigenvalue weighted by molar-refractivity contribution is 5.76. The van der Waals surface area contributed by atoms with Crippen LogP contribution in [0.25, 0.3) is 0 Å². The Labute approximate surface area is 69.5 Å². The lowest BCUT2D eigenvalue weighted by Gasteiger charge is -2.17. The van der Waals surface area contributed by atoms with E-state index in [9.17, 15) is 9.59 Å². The summed E-state index contributed by atoms with van der Waals surface area (Å²) in [5.41, 5.74) is 0. The van der Waals surface area contributed by atoms with E-state index in [1.54, 1.807) is 12.2 Å². The predicted octanol–water partition coefficient (Wildman–Crippen LogP) is 0.738. The molecule has 12 heavy (non-hydrogen) atoms. The monoisotopic (exact) mass is 170 g/mol. The summed E-state index contributed by atoms with van der Waals surface area (Å²) in [5.74, 6) is -3.02. The van der Waals surface area contributed by atoms with Crippen LogP contribution in [-0.2, 0) is 9.59 Å². The maximum atomic E-state index is 10.5. The van der Waals surface area contributed by atoms with E-state index < -0.39 is 23.8 Å². The number of carbonyl (C=O) groups is 2. The smallest absolute Gasteiger partial charge is 0.310 e. The Balaban J connectivity index is 2.63. The Hall–Kier alpha value is -1.32. The van der Waals surface area contributed by atoms with E-state index in [0.29, 0.717) is 6.42 Å². The van der Waals surface area contributed by atoms with Crippen molar-refractivity contribution in [2.24, 2.45) is 11.8 Å². The zero-order chi connectivity index (χ0) is 9.14. The second-order valence-electron chi connectivity index (χ2n) is 2.88. The molecule has 0 saturated carbocycles. The number of rotatable bonds is 2. The van der Waals surface area contributed by atoms with Crippen molar-refractivity contribution in [2.45, 2.75) is 12.8 Å². The number of carboxylic acid groups (broad SMARTS) is 2. The molecule has 0 fully saturated rings. The molecule has 0 aromatic heterocycles. The third-order valence-electron chi connectivity index (χ3n) is 1.99. The molecule has 2 N–H and O–H groups in total. The highest BCUT2D eigenvalue weighted by atomic mass is 16.4. The van der Waals surface area contributed by atoms with Gasteiger partial charge in [-0.1, -0.05) is 12.2 Å². The van der Waals surface area contributed by atoms with E-state index in [2.05, 4.69) is 0 Å². The van der Waals surface area contributed by atoms with Crippen molar-refractivity contribution in [3.8, 4) is 0 Å². The lowest BCUT2D eigenvalue weighted by Crippen LogP contribution is -2.23. The highest BCUT2D eigenvalue weighted by Gasteiger charge is 2.27. The van der Waals surface area contributed by atoms with Gasteiger partial charge in [0.2, 0.25) is 0 Å². The van der Waals surface area contributed by atoms with Crippen LogP contribution < -0.4 is 0 Å². The predicted molar refractivity (Wildman–Crippen MR) is 40.6 cm³/mol. The van der Waals surface area contributed by atoms with Gasteiger partial charge in [-0.25, -0.2) is 0 Å². The number of allylic oxidation sites excluding steroid dienone is 1. The highest BCUT2D eigenvalue weighted by Crippen LogP contribution is 2.23. The van der Waals surface area contributed by atoms with Crippen molar-refractivity contribution < 1.29 is 19.8 Å². The van der Waals surface area contributed by atoms with Crippen molar-refractivity contribution in [1.82, 2.24) is 0 Å². The second-order valence-corrected chi connectivity index (χ2v) is 2.88. The van der Waals surface area contributed by atoms with Gasteiger partial charge in [0.25, 0.3) is 0 Å². The van der Waals surface area contributed by atoms with Crippen molar-refractivity contribution in [3.63, 3.8) is 0 Å². The molecule has 4 nitrogen and oxygen atoms in total. The minimum atomic E-state index is -0.947. The average molecular weight is 170 g/mol. The first kappa shape index (κ1) is 8.77. The van der Waals surface area contributed by atoms with Crippen LogP contribution in [0.2, 0.25) is 0 Å². The molecule has 0 bridgehead atoms. The van der Waals surface area contributed by atoms with Gasteiger partial charge >= 0.3 is 11.9 Å². The molecule has 1 aliphatic rings. The summed E-state index contributed by atoms with van der Waals surface area (Å²) in [6.07, 6.45) is 3.84. The molecule has 2 atom stereocenters. The van der Waals surface area contributed by atoms with Crippen LogP contribution in [0.1, 0.15) is 12.8 Å². The summed E-state index contributed by atoms with van der Waals surface area (Å²) in [5, 5.41) is 17.2. The second kappa shape index (κ2) is 3.38. The van der Waals surface area contributed by atoms with E-state index in [4.69, 9.17) is 10.2 Å². The van der Waals surface area contributed by atoms with Gasteiger partial charge in [0.15, 0.2) is 0 Å². The number of aliphatic carboxylic acids is 2. The Morgan fingerprint density at radius 3 is 2.42 bits per heavy atom. The van der Waals surface area contributed by atoms with Gasteiger partial charge in [0.05, 0.1) is 11.8 Å². The zero-order valence-corrected chi connectivity index (χ0v) is 6.43. The number of hydrogen-bond donors (Lipinski definition) is 2. The molecule has 0 heterocycles. The van der Waals surface area contributed by atoms with Crippen LogP contribution in [-0.4, -0.2) is 22.2 Å². The molecular formula is C8H10O4. The zero-order valence-electron chi connectivity index (χ0n) is 6.43. The van der Waals surface area contributed by atoms with E-state index in [0.717, 1.165) is 0 Å². The number of hydrogen-bond acceptors (Lipinski definition) is 2. The Morgan fingerprint density at radius 2 is 1.92 bits per heavy atom. The summed E-state index contributed by atoms with van der Waals surface area (Å²) in [6.45, 7) is 0. The lowest BCUT2D eigenvalue weighted by molar-refractivity contribution is -0.144. The van der Waals surface area contributed by atoms with E-state index in [1.165, 1.54) is 0 Å². The normalized spacial score (nSPS) is 28.3. The molecule has 1 rings (SSSR count). The fraction of sp³-hybridized carbons (Fsp3) is 0.500. The maximum Gasteiger partial charge on any atom is 0.310 e. The molecular weight excluding hydrogens is 160 g/mol. The first-order valence-electron chi connectivity index (χ1n) is 3.73. The van der Waals surface area contributed by atoms with Crippen molar-refractivity contribution in [2.75, 3.05) is 0 Å². The van der Waals surface area contributed by atoms with Crippen LogP contribution in [0.4, 0.5) is 0 Å². The molecule has 0 unspecified atom stereocenters. The van der Waals surface area contributed by atoms with E-state index in [1.807, 2.05) is 0 Å². The molecule has 0 radical (unpaired) electrons. The van der Waals surface area contributed by atoms with Crippen LogP contribution in [0, 0.1) is 11.8 Å². The van der Waals surface area contributed by atoms with E-state index >= 15 is 0 Å². The molecule has 0 aromatic carbocycles. The topological polar surface area (TPSA) is 74.6 Å². The third-order valence-corrected chi connectivity index (χ3v) is 1.99. The summed E-state index contributed by atoms with van der Waals surface area (Å²) in [6, 6.07) is 0. The standard InChI is InChI=1S/C8H10O4/c9-7(10)5-2-1-3-6(4-5)8(11)12/h1-2,5-6H,3-4H2,(H,9,10)(H,11,12)/t5-,6-/m0/s1. The summed E-state index contributed by atoms with van der Waals surface area (Å²) < 4.78 is 0. The minimum Gasteiger partial charge on any atom is -0.481 e. The maximum absolute atomic E-state index is 10.5. The van der Waals surface area contributed by atoms with Crippen molar-refractivity contribution in [3.05, 3.63) is 12.2 Å². The molecule has 0 saturated heterocycles. The molecule has 0 spiro atoms. The van der Waals surface area contributed by atoms with Crippen molar-refractivity contribution in [1.29, 1.82) is 0 Å². The molecule has 0 amide bonds. The molecule has 1 aliphatic carbocycles. The first-order chi connectivity index (χ1) is 5.61. The fourth-order valence-electron chi connectivity index (χ4n) is 1.27. The van der Waals surface area contributed by atoms with Crippen LogP contribution in [0.3, 0.4) is 0 Å². The largest absolute Gasteiger partial charge is 0.481 e. The van der Waals surface area contributed by atoms with Crippen LogP contribution >= 0.6 is 0 Å². The Morgan fingerprint density at radius 1 is 1.25 bits per heavy atom. The molecule has 0 aromatic rings. The average Bonchev–Trinajstić information content (AvgIpc) is 2.04. The Kier molecular flexibility index (Phi) is 2.47. The van der Waals surface area contributed by atoms with Gasteiger partial charge in [-0.3, -0.25) is 9.59 Å². The van der Waals surface area contributed by atoms with Crippen molar-refractivity contribution >= 4 is 11.9 Å². The summed E-state index contributed by atoms with van der Waals surface area (Å²) in [4.78, 5) is 21.0. The van der Waals surface area contributed by atoms with Gasteiger partial charge in [0.1, 0.15) is 0 Å². The van der Waals surface area contributed by atoms with Gasteiger partial charge in [0, 0.05) is 0 Å². The first-order valence-corrected chi connectivity index (χ1v) is 3.73. The summed E-state index contributed by atoms with van der Waals surface area (Å²) in [7, 11) is 0. The molecule has 4 heteroatoms. The fourth-order valence-corrected chi connectivity index (χ4v) is 1.27. The van der Waals surface area contributed by atoms with Gasteiger partial charge in [-0.05, 0) is 12.8 Å². The molecule has 66 valence electrons. The van der Waals surface area contributed by atoms with Gasteiger partial charge in [-0.15, -0.1) is 0 Å². The van der Waals surface area contributed by atoms with Gasteiger partial charge < -0.3 is 10.2 Å². The third kappa shape index (κ3) is 1.84. The number of carboxylic acids is 2. The quantitative estimate of drug-likeness (QED) is 0.599.